The van der Waals surface area contributed by atoms with Gasteiger partial charge in [0.15, 0.2) is 0 Å². The Kier molecular flexibility index (Phi) is 4.06. The third kappa shape index (κ3) is 3.09. The lowest BCUT2D eigenvalue weighted by atomic mass is 10.4. The number of nitrogens with zero attached hydrogens (tertiary/aromatic N) is 4. The zero-order valence-corrected chi connectivity index (χ0v) is 9.90. The number of amides is 1. The average molecular weight is 220 g/mol. The summed E-state index contributed by atoms with van der Waals surface area (Å²) in [6.45, 7) is 4.52. The van der Waals surface area contributed by atoms with Crippen molar-refractivity contribution < 1.29 is 4.79 Å². The fraction of sp³-hybridized carbons (Fsp3) is 0.545. The lowest BCUT2D eigenvalue weighted by Gasteiger charge is -2.15. The summed E-state index contributed by atoms with van der Waals surface area (Å²) in [5.74, 6) is -0.0264. The highest BCUT2D eigenvalue weighted by Gasteiger charge is 2.11. The van der Waals surface area contributed by atoms with E-state index >= 15 is 0 Å². The van der Waals surface area contributed by atoms with E-state index in [1.54, 1.807) is 16.6 Å². The molecule has 0 aliphatic carbocycles. The number of rotatable bonds is 4. The first kappa shape index (κ1) is 12.2. The van der Waals surface area contributed by atoms with E-state index in [1.807, 2.05) is 26.0 Å². The molecule has 0 unspecified atom stereocenters. The summed E-state index contributed by atoms with van der Waals surface area (Å²) in [6.07, 6.45) is 0.360. The SMILES string of the molecule is Cc1cc(C)n(CC(=O)N(C)CCC#N)n1. The summed E-state index contributed by atoms with van der Waals surface area (Å²) < 4.78 is 1.68. The van der Waals surface area contributed by atoms with Crippen LogP contribution in [-0.4, -0.2) is 34.2 Å². The van der Waals surface area contributed by atoms with Crippen LogP contribution in [0.4, 0.5) is 0 Å². The van der Waals surface area contributed by atoms with Crippen molar-refractivity contribution in [3.63, 3.8) is 0 Å². The highest BCUT2D eigenvalue weighted by molar-refractivity contribution is 5.75. The van der Waals surface area contributed by atoms with Crippen molar-refractivity contribution in [1.82, 2.24) is 14.7 Å². The van der Waals surface area contributed by atoms with E-state index < -0.39 is 0 Å². The Bertz CT molecular complexity index is 416. The number of hydrogen-bond acceptors (Lipinski definition) is 3. The molecule has 0 spiro atoms. The topological polar surface area (TPSA) is 61.9 Å². The fourth-order valence-corrected chi connectivity index (χ4v) is 1.43. The van der Waals surface area contributed by atoms with Crippen LogP contribution >= 0.6 is 0 Å². The standard InChI is InChI=1S/C11H16N4O/c1-9-7-10(2)15(13-9)8-11(16)14(3)6-4-5-12/h7H,4,6,8H2,1-3H3. The molecule has 0 fully saturated rings. The van der Waals surface area contributed by atoms with Crippen molar-refractivity contribution in [2.24, 2.45) is 0 Å². The number of nitriles is 1. The third-order valence-electron chi connectivity index (χ3n) is 2.37. The van der Waals surface area contributed by atoms with E-state index in [4.69, 9.17) is 5.26 Å². The Labute approximate surface area is 95.3 Å². The number of carbonyl (C=O) groups excluding carboxylic acids is 1. The van der Waals surface area contributed by atoms with Gasteiger partial charge in [0.2, 0.25) is 5.91 Å². The van der Waals surface area contributed by atoms with Crippen LogP contribution in [0.2, 0.25) is 0 Å². The van der Waals surface area contributed by atoms with E-state index in [0.717, 1.165) is 11.4 Å². The van der Waals surface area contributed by atoms with Crippen LogP contribution in [0.25, 0.3) is 0 Å². The van der Waals surface area contributed by atoms with Crippen molar-refractivity contribution in [1.29, 1.82) is 5.26 Å². The lowest BCUT2D eigenvalue weighted by molar-refractivity contribution is -0.130. The van der Waals surface area contributed by atoms with Gasteiger partial charge in [-0.05, 0) is 19.9 Å². The van der Waals surface area contributed by atoms with Crippen LogP contribution in [0.3, 0.4) is 0 Å². The van der Waals surface area contributed by atoms with Crippen LogP contribution in [-0.2, 0) is 11.3 Å². The van der Waals surface area contributed by atoms with Crippen LogP contribution in [0, 0.1) is 25.2 Å². The minimum absolute atomic E-state index is 0.0264. The first-order valence-electron chi connectivity index (χ1n) is 5.16. The molecular formula is C11H16N4O. The minimum Gasteiger partial charge on any atom is -0.343 e. The van der Waals surface area contributed by atoms with Gasteiger partial charge in [0.05, 0.1) is 18.2 Å². The first-order valence-corrected chi connectivity index (χ1v) is 5.16. The summed E-state index contributed by atoms with van der Waals surface area (Å²) in [5.41, 5.74) is 1.88. The molecule has 0 aliphatic heterocycles. The zero-order chi connectivity index (χ0) is 12.1. The van der Waals surface area contributed by atoms with Gasteiger partial charge in [-0.1, -0.05) is 0 Å². The molecule has 0 saturated carbocycles. The van der Waals surface area contributed by atoms with Crippen LogP contribution in [0.5, 0.6) is 0 Å². The average Bonchev–Trinajstić information content (AvgIpc) is 2.53. The molecule has 5 heteroatoms. The molecule has 1 heterocycles. The van der Waals surface area contributed by atoms with Gasteiger partial charge in [0.1, 0.15) is 6.54 Å². The molecule has 86 valence electrons. The number of likely N-dealkylation sites (N-methyl/N-ethyl adjacent to an activating group) is 1. The Hall–Kier alpha value is -1.83. The molecule has 0 N–H and O–H groups in total. The molecule has 16 heavy (non-hydrogen) atoms. The van der Waals surface area contributed by atoms with Crippen LogP contribution < -0.4 is 0 Å². The quantitative estimate of drug-likeness (QED) is 0.756. The lowest BCUT2D eigenvalue weighted by Crippen LogP contribution is -2.31. The Morgan fingerprint density at radius 2 is 2.31 bits per heavy atom. The number of carbonyl (C=O) groups is 1. The van der Waals surface area contributed by atoms with E-state index in [2.05, 4.69) is 5.10 Å². The summed E-state index contributed by atoms with van der Waals surface area (Å²) >= 11 is 0. The van der Waals surface area contributed by atoms with Crippen molar-refractivity contribution in [3.8, 4) is 6.07 Å². The monoisotopic (exact) mass is 220 g/mol. The van der Waals surface area contributed by atoms with E-state index in [-0.39, 0.29) is 12.5 Å². The summed E-state index contributed by atoms with van der Waals surface area (Å²) in [7, 11) is 1.70. The number of hydrogen-bond donors (Lipinski definition) is 0. The Balaban J connectivity index is 2.58. The van der Waals surface area contributed by atoms with Crippen LogP contribution in [0.1, 0.15) is 17.8 Å². The van der Waals surface area contributed by atoms with Gasteiger partial charge >= 0.3 is 0 Å². The van der Waals surface area contributed by atoms with Gasteiger partial charge in [0, 0.05) is 19.3 Å². The number of aryl methyl sites for hydroxylation is 2. The maximum atomic E-state index is 11.7. The van der Waals surface area contributed by atoms with Gasteiger partial charge in [0.25, 0.3) is 0 Å². The predicted molar refractivity (Wildman–Crippen MR) is 59.6 cm³/mol. The minimum atomic E-state index is -0.0264. The van der Waals surface area contributed by atoms with Gasteiger partial charge in [-0.3, -0.25) is 9.48 Å². The van der Waals surface area contributed by atoms with Crippen molar-refractivity contribution >= 4 is 5.91 Å². The molecule has 0 aromatic carbocycles. The molecule has 1 aromatic heterocycles. The Morgan fingerprint density at radius 1 is 1.62 bits per heavy atom. The largest absolute Gasteiger partial charge is 0.343 e. The molecule has 1 amide bonds. The summed E-state index contributed by atoms with van der Waals surface area (Å²) in [5, 5.41) is 12.6. The first-order chi connectivity index (χ1) is 7.54. The second-order valence-electron chi connectivity index (χ2n) is 3.81. The van der Waals surface area contributed by atoms with Gasteiger partial charge in [-0.2, -0.15) is 10.4 Å². The van der Waals surface area contributed by atoms with E-state index in [0.29, 0.717) is 13.0 Å². The van der Waals surface area contributed by atoms with E-state index in [1.165, 1.54) is 0 Å². The van der Waals surface area contributed by atoms with Crippen molar-refractivity contribution in [2.45, 2.75) is 26.8 Å². The van der Waals surface area contributed by atoms with E-state index in [9.17, 15) is 4.79 Å². The molecule has 0 bridgehead atoms. The zero-order valence-electron chi connectivity index (χ0n) is 9.90. The number of aromatic nitrogens is 2. The molecule has 0 saturated heterocycles. The van der Waals surface area contributed by atoms with Gasteiger partial charge in [-0.25, -0.2) is 0 Å². The smallest absolute Gasteiger partial charge is 0.244 e. The molecule has 5 nitrogen and oxygen atoms in total. The maximum absolute atomic E-state index is 11.7. The van der Waals surface area contributed by atoms with Gasteiger partial charge in [-0.15, -0.1) is 0 Å². The predicted octanol–water partition coefficient (Wildman–Crippen LogP) is 0.872. The molecule has 0 atom stereocenters. The summed E-state index contributed by atoms with van der Waals surface area (Å²) in [6, 6.07) is 3.95. The molecule has 0 radical (unpaired) electrons. The molecule has 0 aliphatic rings. The van der Waals surface area contributed by atoms with Crippen molar-refractivity contribution in [3.05, 3.63) is 17.5 Å². The maximum Gasteiger partial charge on any atom is 0.244 e. The summed E-state index contributed by atoms with van der Waals surface area (Å²) in [4.78, 5) is 13.3. The fourth-order valence-electron chi connectivity index (χ4n) is 1.43. The normalized spacial score (nSPS) is 9.88. The second-order valence-corrected chi connectivity index (χ2v) is 3.81. The highest BCUT2D eigenvalue weighted by Crippen LogP contribution is 2.02. The van der Waals surface area contributed by atoms with Crippen molar-refractivity contribution in [2.75, 3.05) is 13.6 Å². The van der Waals surface area contributed by atoms with Crippen LogP contribution in [0.15, 0.2) is 6.07 Å². The molecular weight excluding hydrogens is 204 g/mol. The highest BCUT2D eigenvalue weighted by atomic mass is 16.2. The Morgan fingerprint density at radius 3 is 2.81 bits per heavy atom. The molecule has 1 rings (SSSR count). The second kappa shape index (κ2) is 5.31. The molecule has 1 aromatic rings. The van der Waals surface area contributed by atoms with Gasteiger partial charge < -0.3 is 4.90 Å². The third-order valence-corrected chi connectivity index (χ3v) is 2.37.